The molecule has 1 saturated heterocycles. The summed E-state index contributed by atoms with van der Waals surface area (Å²) in [5, 5.41) is 49.8. The van der Waals surface area contributed by atoms with Gasteiger partial charge in [0.25, 0.3) is 0 Å². The number of fused-ring (bicyclic) bond motifs is 11. The molecule has 0 aromatic heterocycles. The number of phenolic OH excluding ortho intramolecular Hbond substituents is 2. The summed E-state index contributed by atoms with van der Waals surface area (Å²) < 4.78 is 24.2. The van der Waals surface area contributed by atoms with Gasteiger partial charge in [-0.15, -0.1) is 0 Å². The van der Waals surface area contributed by atoms with Gasteiger partial charge in [-0.25, -0.2) is 9.59 Å². The van der Waals surface area contributed by atoms with Gasteiger partial charge >= 0.3 is 17.9 Å². The smallest absolute Gasteiger partial charge is 0.341 e. The van der Waals surface area contributed by atoms with E-state index in [1.54, 1.807) is 36.4 Å². The summed E-state index contributed by atoms with van der Waals surface area (Å²) in [7, 11) is 0. The fourth-order valence-corrected chi connectivity index (χ4v) is 11.0. The lowest BCUT2D eigenvalue weighted by Gasteiger charge is -2.49. The first-order valence-corrected chi connectivity index (χ1v) is 20.1. The first kappa shape index (κ1) is 37.3. The van der Waals surface area contributed by atoms with Gasteiger partial charge in [-0.3, -0.25) is 9.69 Å². The molecule has 3 fully saturated rings. The summed E-state index contributed by atoms with van der Waals surface area (Å²) in [6, 6.07) is 19.2. The van der Waals surface area contributed by atoms with E-state index in [1.807, 2.05) is 17.9 Å². The number of phenols is 2. The van der Waals surface area contributed by atoms with Crippen molar-refractivity contribution < 1.29 is 53.9 Å². The van der Waals surface area contributed by atoms with E-state index in [9.17, 15) is 34.9 Å². The van der Waals surface area contributed by atoms with Gasteiger partial charge in [0, 0.05) is 66.0 Å². The Bertz CT molecular complexity index is 2410. The predicted octanol–water partition coefficient (Wildman–Crippen LogP) is 5.16. The minimum absolute atomic E-state index is 0.00941. The lowest BCUT2D eigenvalue weighted by atomic mass is 9.55. The van der Waals surface area contributed by atoms with E-state index in [2.05, 4.69) is 10.5 Å². The molecular weight excluding hydrogens is 759 g/mol. The molecule has 3 aliphatic heterocycles. The Morgan fingerprint density at radius 1 is 0.966 bits per heavy atom. The number of carbonyl (C=O) groups excluding carboxylic acids is 3. The molecule has 0 amide bonds. The number of aliphatic hydroxyl groups is 1. The fourth-order valence-electron chi connectivity index (χ4n) is 11.0. The largest absolute Gasteiger partial charge is 0.508 e. The minimum Gasteiger partial charge on any atom is -0.508 e. The quantitative estimate of drug-likeness (QED) is 0.0769. The highest BCUT2D eigenvalue weighted by molar-refractivity contribution is 6.07. The van der Waals surface area contributed by atoms with Crippen molar-refractivity contribution in [3.05, 3.63) is 112 Å². The molecule has 2 saturated carbocycles. The van der Waals surface area contributed by atoms with Gasteiger partial charge in [0.05, 0.1) is 29.5 Å². The van der Waals surface area contributed by atoms with Crippen LogP contribution in [0, 0.1) is 17.3 Å². The molecule has 6 atom stereocenters. The second kappa shape index (κ2) is 13.8. The van der Waals surface area contributed by atoms with Gasteiger partial charge in [0.1, 0.15) is 34.9 Å². The number of rotatable bonds is 5. The van der Waals surface area contributed by atoms with Crippen molar-refractivity contribution in [1.29, 1.82) is 0 Å². The Morgan fingerprint density at radius 2 is 1.69 bits per heavy atom. The van der Waals surface area contributed by atoms with Crippen molar-refractivity contribution in [3.8, 4) is 28.7 Å². The summed E-state index contributed by atoms with van der Waals surface area (Å²) >= 11 is 0. The summed E-state index contributed by atoms with van der Waals surface area (Å²) in [5.41, 5.74) is 1.21. The Morgan fingerprint density at radius 3 is 2.41 bits per heavy atom. The first-order chi connectivity index (χ1) is 28.5. The van der Waals surface area contributed by atoms with Crippen LogP contribution in [0.15, 0.2) is 78.0 Å². The molecule has 1 spiro atoms. The van der Waals surface area contributed by atoms with E-state index in [-0.39, 0.29) is 64.4 Å². The number of oxime groups is 1. The van der Waals surface area contributed by atoms with Gasteiger partial charge in [0.15, 0.2) is 5.60 Å². The molecule has 0 radical (unpaired) electrons. The second-order valence-electron chi connectivity index (χ2n) is 16.8. The molecule has 14 heteroatoms. The Balaban J connectivity index is 0.914. The molecule has 3 heterocycles. The van der Waals surface area contributed by atoms with Crippen molar-refractivity contribution in [2.45, 2.75) is 56.3 Å². The van der Waals surface area contributed by atoms with Crippen LogP contribution in [0.5, 0.6) is 28.7 Å². The maximum atomic E-state index is 14.3. The molecule has 14 nitrogen and oxygen atoms in total. The third-order valence-electron chi connectivity index (χ3n) is 13.7. The lowest BCUT2D eigenvalue weighted by molar-refractivity contribution is -0.135. The first-order valence-electron chi connectivity index (χ1n) is 20.1. The van der Waals surface area contributed by atoms with Crippen LogP contribution in [0.1, 0.15) is 87.1 Å². The Kier molecular flexibility index (Phi) is 8.74. The highest BCUT2D eigenvalue weighted by Crippen LogP contribution is 2.62. The van der Waals surface area contributed by atoms with Crippen LogP contribution in [0.25, 0.3) is 0 Å². The molecule has 10 rings (SSSR count). The number of nitrogens with zero attached hydrogens (tertiary/aromatic N) is 2. The number of ether oxygens (including phenoxy) is 4. The van der Waals surface area contributed by atoms with Gasteiger partial charge < -0.3 is 44.8 Å². The van der Waals surface area contributed by atoms with Crippen LogP contribution < -0.4 is 14.8 Å². The second-order valence-corrected chi connectivity index (χ2v) is 16.8. The normalized spacial score (nSPS) is 27.9. The molecular formula is C45H43N3O11. The average molecular weight is 802 g/mol. The number of esters is 3. The molecule has 4 aromatic carbocycles. The molecule has 4 aromatic rings. The topological polar surface area (TPSA) is 197 Å². The maximum Gasteiger partial charge on any atom is 0.341 e. The van der Waals surface area contributed by atoms with Crippen molar-refractivity contribution in [2.24, 2.45) is 22.4 Å². The summed E-state index contributed by atoms with van der Waals surface area (Å²) in [4.78, 5) is 43.1. The molecule has 3 aliphatic carbocycles. The molecule has 6 aliphatic rings. The molecule has 5 N–H and O–H groups in total. The zero-order valence-corrected chi connectivity index (χ0v) is 32.2. The summed E-state index contributed by atoms with van der Waals surface area (Å²) in [6.07, 6.45) is 0.280. The van der Waals surface area contributed by atoms with Crippen LogP contribution in [0.3, 0.4) is 0 Å². The Labute approximate surface area is 339 Å². The standard InChI is InChI=1S/C45H43N3O11/c1-44-12-11-27-26-8-7-25(56-39(51)22-48-15-13-46-14-16-48)19-30(26)35(47-55)20-29(27)34(44)21-38(41(44)52)58-42(53)28-3-2-4-33-40(28)43(54)59-45(33)31-9-5-23(49)17-36(31)57-37-18-24(50)6-10-32(37)45/h2-10,17-19,27,29,34,38,41,46,49-50,52,55H,11-16,20-22H2,1H3/t27-,29-,34+,38-,41+,44+/m1/s1. The third kappa shape index (κ3) is 5.79. The van der Waals surface area contributed by atoms with E-state index in [0.29, 0.717) is 47.4 Å². The van der Waals surface area contributed by atoms with Crippen molar-refractivity contribution in [1.82, 2.24) is 10.2 Å². The third-order valence-corrected chi connectivity index (χ3v) is 13.7. The number of aromatic hydroxyl groups is 2. The van der Waals surface area contributed by atoms with Crippen LogP contribution in [-0.2, 0) is 19.9 Å². The number of nitrogens with one attached hydrogen (secondary N) is 1. The van der Waals surface area contributed by atoms with E-state index >= 15 is 0 Å². The van der Waals surface area contributed by atoms with E-state index in [0.717, 1.165) is 43.7 Å². The monoisotopic (exact) mass is 801 g/mol. The zero-order chi connectivity index (χ0) is 40.8. The van der Waals surface area contributed by atoms with E-state index in [4.69, 9.17) is 18.9 Å². The highest BCUT2D eigenvalue weighted by Gasteiger charge is 2.60. The fraction of sp³-hybridized carbons (Fsp3) is 0.378. The highest BCUT2D eigenvalue weighted by atomic mass is 16.6. The number of aliphatic hydroxyl groups excluding tert-OH is 1. The number of carbonyl (C=O) groups is 3. The van der Waals surface area contributed by atoms with Crippen molar-refractivity contribution in [3.63, 3.8) is 0 Å². The Hall–Kier alpha value is -5.96. The SMILES string of the molecule is C[C@]12CC[C@@H]3c4ccc(OC(=O)CN5CCNCC5)cc4C(=NO)C[C@H]3[C@@H]1C[C@@H](OC(=O)c1cccc3c1C(=O)OC31c3ccc(O)cc3Oc3cc(O)ccc31)[C@@H]2O. The van der Waals surface area contributed by atoms with Gasteiger partial charge in [0.2, 0.25) is 0 Å². The summed E-state index contributed by atoms with van der Waals surface area (Å²) in [6.45, 7) is 5.39. The van der Waals surface area contributed by atoms with E-state index < -0.39 is 35.2 Å². The molecule has 304 valence electrons. The van der Waals surface area contributed by atoms with Crippen molar-refractivity contribution in [2.75, 3.05) is 32.7 Å². The van der Waals surface area contributed by atoms with Crippen LogP contribution in [0.2, 0.25) is 0 Å². The lowest BCUT2D eigenvalue weighted by Crippen LogP contribution is -2.46. The average Bonchev–Trinajstić information content (AvgIpc) is 3.66. The van der Waals surface area contributed by atoms with Gasteiger partial charge in [-0.1, -0.05) is 30.3 Å². The zero-order valence-electron chi connectivity index (χ0n) is 32.2. The molecule has 0 bridgehead atoms. The number of hydrogen-bond acceptors (Lipinski definition) is 14. The van der Waals surface area contributed by atoms with Gasteiger partial charge in [-0.05, 0) is 91.5 Å². The number of benzene rings is 4. The van der Waals surface area contributed by atoms with Crippen LogP contribution in [-0.4, -0.2) is 94.0 Å². The summed E-state index contributed by atoms with van der Waals surface area (Å²) in [5.74, 6) is -1.31. The van der Waals surface area contributed by atoms with E-state index in [1.165, 1.54) is 30.3 Å². The van der Waals surface area contributed by atoms with Crippen LogP contribution in [0.4, 0.5) is 0 Å². The molecule has 59 heavy (non-hydrogen) atoms. The van der Waals surface area contributed by atoms with Crippen molar-refractivity contribution >= 4 is 23.6 Å². The number of hydrogen-bond donors (Lipinski definition) is 5. The minimum atomic E-state index is -1.56. The molecule has 0 unspecified atom stereocenters. The van der Waals surface area contributed by atoms with Crippen LogP contribution >= 0.6 is 0 Å². The number of piperazine rings is 1. The predicted molar refractivity (Wildman–Crippen MR) is 209 cm³/mol. The maximum absolute atomic E-state index is 14.3. The van der Waals surface area contributed by atoms with Gasteiger partial charge in [-0.2, -0.15) is 0 Å².